The van der Waals surface area contributed by atoms with Gasteiger partial charge in [-0.2, -0.15) is 10.4 Å². The molecule has 4 rings (SSSR count). The normalized spacial score (nSPS) is 16.4. The second-order valence-corrected chi connectivity index (χ2v) is 7.44. The van der Waals surface area contributed by atoms with Gasteiger partial charge in [0.1, 0.15) is 17.6 Å². The maximum absolute atomic E-state index is 8.89. The van der Waals surface area contributed by atoms with Crippen molar-refractivity contribution in [1.29, 1.82) is 5.26 Å². The second kappa shape index (κ2) is 8.51. The van der Waals surface area contributed by atoms with Gasteiger partial charge in [0.2, 0.25) is 5.88 Å². The molecule has 1 unspecified atom stereocenters. The van der Waals surface area contributed by atoms with Crippen molar-refractivity contribution in [2.45, 2.75) is 32.4 Å². The van der Waals surface area contributed by atoms with Crippen LogP contribution in [0.2, 0.25) is 0 Å². The zero-order valence-electron chi connectivity index (χ0n) is 17.5. The molecule has 0 bridgehead atoms. The van der Waals surface area contributed by atoms with Crippen LogP contribution in [0, 0.1) is 18.3 Å². The summed E-state index contributed by atoms with van der Waals surface area (Å²) in [5.74, 6) is 1.58. The number of ether oxygens (including phenoxy) is 1. The van der Waals surface area contributed by atoms with Crippen LogP contribution in [-0.2, 0) is 13.6 Å². The maximum atomic E-state index is 8.89. The number of nitriles is 1. The molecule has 3 aromatic rings. The van der Waals surface area contributed by atoms with Crippen LogP contribution in [0.4, 0.5) is 11.5 Å². The number of hydrogen-bond acceptors (Lipinski definition) is 7. The molecule has 8 nitrogen and oxygen atoms in total. The Labute approximate surface area is 176 Å². The van der Waals surface area contributed by atoms with Crippen molar-refractivity contribution in [3.05, 3.63) is 59.2 Å². The van der Waals surface area contributed by atoms with Crippen molar-refractivity contribution in [2.75, 3.05) is 19.0 Å². The van der Waals surface area contributed by atoms with Gasteiger partial charge in [0.25, 0.3) is 0 Å². The van der Waals surface area contributed by atoms with E-state index < -0.39 is 0 Å². The molecule has 1 fully saturated rings. The SMILES string of the molecule is COc1c(CN2CCCC2c2cccc(Nc3ccc(C#N)nc3)n2)c(C)nn1C. The largest absolute Gasteiger partial charge is 0.481 e. The van der Waals surface area contributed by atoms with Crippen LogP contribution >= 0.6 is 0 Å². The van der Waals surface area contributed by atoms with Crippen molar-refractivity contribution >= 4 is 11.5 Å². The Hall–Kier alpha value is -3.44. The van der Waals surface area contributed by atoms with Gasteiger partial charge in [-0.05, 0) is 50.6 Å². The minimum Gasteiger partial charge on any atom is -0.481 e. The van der Waals surface area contributed by atoms with E-state index >= 15 is 0 Å². The van der Waals surface area contributed by atoms with E-state index in [0.29, 0.717) is 5.69 Å². The molecule has 0 radical (unpaired) electrons. The maximum Gasteiger partial charge on any atom is 0.216 e. The van der Waals surface area contributed by atoms with E-state index in [-0.39, 0.29) is 6.04 Å². The van der Waals surface area contributed by atoms with Crippen molar-refractivity contribution in [3.63, 3.8) is 0 Å². The number of pyridine rings is 2. The van der Waals surface area contributed by atoms with Gasteiger partial charge < -0.3 is 10.1 Å². The third kappa shape index (κ3) is 3.98. The number of aromatic nitrogens is 4. The van der Waals surface area contributed by atoms with E-state index in [4.69, 9.17) is 15.0 Å². The van der Waals surface area contributed by atoms with Crippen LogP contribution in [-0.4, -0.2) is 38.3 Å². The predicted molar refractivity (Wildman–Crippen MR) is 113 cm³/mol. The molecule has 0 aromatic carbocycles. The summed E-state index contributed by atoms with van der Waals surface area (Å²) < 4.78 is 7.37. The van der Waals surface area contributed by atoms with Gasteiger partial charge in [-0.25, -0.2) is 14.6 Å². The third-order valence-electron chi connectivity index (χ3n) is 5.47. The van der Waals surface area contributed by atoms with E-state index in [0.717, 1.165) is 60.3 Å². The Morgan fingerprint density at radius 3 is 2.90 bits per heavy atom. The van der Waals surface area contributed by atoms with Crippen LogP contribution in [0.15, 0.2) is 36.5 Å². The Kier molecular flexibility index (Phi) is 5.63. The number of hydrogen-bond donors (Lipinski definition) is 1. The molecule has 0 amide bonds. The van der Waals surface area contributed by atoms with Crippen LogP contribution in [0.3, 0.4) is 0 Å². The van der Waals surface area contributed by atoms with E-state index in [9.17, 15) is 0 Å². The minimum absolute atomic E-state index is 0.246. The molecule has 1 N–H and O–H groups in total. The van der Waals surface area contributed by atoms with Crippen LogP contribution in [0.5, 0.6) is 5.88 Å². The fraction of sp³-hybridized carbons (Fsp3) is 0.364. The fourth-order valence-corrected chi connectivity index (χ4v) is 4.06. The quantitative estimate of drug-likeness (QED) is 0.674. The first kappa shape index (κ1) is 19.9. The van der Waals surface area contributed by atoms with Gasteiger partial charge >= 0.3 is 0 Å². The Morgan fingerprint density at radius 2 is 2.17 bits per heavy atom. The summed E-state index contributed by atoms with van der Waals surface area (Å²) in [6.45, 7) is 3.82. The van der Waals surface area contributed by atoms with Gasteiger partial charge in [0.05, 0.1) is 42.0 Å². The highest BCUT2D eigenvalue weighted by Crippen LogP contribution is 2.35. The highest BCUT2D eigenvalue weighted by atomic mass is 16.5. The molecule has 0 spiro atoms. The lowest BCUT2D eigenvalue weighted by Gasteiger charge is -2.24. The average molecular weight is 403 g/mol. The molecule has 0 saturated carbocycles. The summed E-state index contributed by atoms with van der Waals surface area (Å²) >= 11 is 0. The summed E-state index contributed by atoms with van der Waals surface area (Å²) in [4.78, 5) is 11.4. The molecule has 1 aliphatic rings. The van der Waals surface area contributed by atoms with Gasteiger partial charge in [-0.1, -0.05) is 6.07 Å². The molecule has 154 valence electrons. The van der Waals surface area contributed by atoms with Crippen molar-refractivity contribution in [2.24, 2.45) is 7.05 Å². The average Bonchev–Trinajstić information content (AvgIpc) is 3.33. The van der Waals surface area contributed by atoms with Crippen LogP contribution in [0.25, 0.3) is 0 Å². The van der Waals surface area contributed by atoms with Crippen LogP contribution in [0.1, 0.15) is 41.5 Å². The highest BCUT2D eigenvalue weighted by molar-refractivity contribution is 5.55. The van der Waals surface area contributed by atoms with Gasteiger partial charge in [0.15, 0.2) is 0 Å². The first-order valence-electron chi connectivity index (χ1n) is 9.99. The molecular formula is C22H25N7O. The van der Waals surface area contributed by atoms with E-state index in [2.05, 4.69) is 26.4 Å². The highest BCUT2D eigenvalue weighted by Gasteiger charge is 2.29. The van der Waals surface area contributed by atoms with Crippen LogP contribution < -0.4 is 10.1 Å². The first-order valence-corrected chi connectivity index (χ1v) is 9.99. The Balaban J connectivity index is 1.53. The molecule has 8 heteroatoms. The minimum atomic E-state index is 0.246. The smallest absolute Gasteiger partial charge is 0.216 e. The Morgan fingerprint density at radius 1 is 1.30 bits per heavy atom. The van der Waals surface area contributed by atoms with Gasteiger partial charge in [-0.15, -0.1) is 0 Å². The molecule has 1 saturated heterocycles. The summed E-state index contributed by atoms with van der Waals surface area (Å²) in [6, 6.07) is 11.8. The van der Waals surface area contributed by atoms with Gasteiger partial charge in [-0.3, -0.25) is 4.90 Å². The van der Waals surface area contributed by atoms with Crippen molar-refractivity contribution in [1.82, 2.24) is 24.6 Å². The lowest BCUT2D eigenvalue weighted by molar-refractivity contribution is 0.239. The van der Waals surface area contributed by atoms with Gasteiger partial charge in [0, 0.05) is 13.6 Å². The number of rotatable bonds is 6. The monoisotopic (exact) mass is 403 g/mol. The number of likely N-dealkylation sites (tertiary alicyclic amines) is 1. The zero-order valence-corrected chi connectivity index (χ0v) is 17.5. The number of nitrogens with one attached hydrogen (secondary N) is 1. The van der Waals surface area contributed by atoms with E-state index in [1.54, 1.807) is 24.1 Å². The van der Waals surface area contributed by atoms with Crippen molar-refractivity contribution in [3.8, 4) is 11.9 Å². The lowest BCUT2D eigenvalue weighted by atomic mass is 10.1. The van der Waals surface area contributed by atoms with E-state index in [1.165, 1.54) is 0 Å². The lowest BCUT2D eigenvalue weighted by Crippen LogP contribution is -2.24. The molecule has 1 atom stereocenters. The molecular weight excluding hydrogens is 378 g/mol. The molecule has 1 aliphatic heterocycles. The number of methoxy groups -OCH3 is 1. The van der Waals surface area contributed by atoms with E-state index in [1.807, 2.05) is 38.2 Å². The second-order valence-electron chi connectivity index (χ2n) is 7.44. The molecule has 3 aromatic heterocycles. The molecule has 0 aliphatic carbocycles. The third-order valence-corrected chi connectivity index (χ3v) is 5.47. The first-order chi connectivity index (χ1) is 14.6. The Bertz CT molecular complexity index is 1070. The molecule has 4 heterocycles. The summed E-state index contributed by atoms with van der Waals surface area (Å²) in [7, 11) is 3.60. The number of nitrogens with zero attached hydrogens (tertiary/aromatic N) is 6. The predicted octanol–water partition coefficient (Wildman–Crippen LogP) is 3.48. The zero-order chi connectivity index (χ0) is 21.1. The topological polar surface area (TPSA) is 91.9 Å². The standard InChI is InChI=1S/C22H25N7O/c1-15-18(22(30-3)28(2)27-15)14-29-11-5-7-20(29)19-6-4-8-21(26-19)25-17-10-9-16(12-23)24-13-17/h4,6,8-10,13,20H,5,7,11,14H2,1-3H3,(H,25,26). The number of anilines is 2. The summed E-state index contributed by atoms with van der Waals surface area (Å²) in [5.41, 5.74) is 4.36. The summed E-state index contributed by atoms with van der Waals surface area (Å²) in [5, 5.41) is 16.7. The summed E-state index contributed by atoms with van der Waals surface area (Å²) in [6.07, 6.45) is 3.84. The van der Waals surface area contributed by atoms with Crippen molar-refractivity contribution < 1.29 is 4.74 Å². The molecule has 30 heavy (non-hydrogen) atoms. The fourth-order valence-electron chi connectivity index (χ4n) is 4.06. The number of aryl methyl sites for hydroxylation is 2.